The molecule has 3 rings (SSSR count). The van der Waals surface area contributed by atoms with E-state index in [0.717, 1.165) is 13.0 Å². The number of rotatable bonds is 2. The molecule has 1 unspecified atom stereocenters. The van der Waals surface area contributed by atoms with Gasteiger partial charge in [-0.25, -0.2) is 0 Å². The molecule has 19 heavy (non-hydrogen) atoms. The standard InChI is InChI=1S/C17H24N2/c1-4-13-7-8-16-15(10-13)17(12(2)19(16)3)14-6-5-9-18-11-14/h7-8,10,14,18H,4-6,9,11H2,1-3H3. The molecule has 2 nitrogen and oxygen atoms in total. The first-order valence-electron chi connectivity index (χ1n) is 7.51. The molecule has 0 spiro atoms. The van der Waals surface area contributed by atoms with Gasteiger partial charge < -0.3 is 9.88 Å². The molecule has 0 amide bonds. The van der Waals surface area contributed by atoms with Crippen LogP contribution in [0.2, 0.25) is 0 Å². The van der Waals surface area contributed by atoms with Gasteiger partial charge in [0.05, 0.1) is 0 Å². The number of nitrogens with one attached hydrogen (secondary N) is 1. The Morgan fingerprint density at radius 3 is 2.89 bits per heavy atom. The van der Waals surface area contributed by atoms with Crippen LogP contribution >= 0.6 is 0 Å². The summed E-state index contributed by atoms with van der Waals surface area (Å²) in [6, 6.07) is 6.97. The normalized spacial score (nSPS) is 20.1. The second-order valence-corrected chi connectivity index (χ2v) is 5.81. The van der Waals surface area contributed by atoms with Gasteiger partial charge in [-0.05, 0) is 61.9 Å². The summed E-state index contributed by atoms with van der Waals surface area (Å²) in [4.78, 5) is 0. The van der Waals surface area contributed by atoms with Crippen molar-refractivity contribution in [3.05, 3.63) is 35.0 Å². The quantitative estimate of drug-likeness (QED) is 0.870. The van der Waals surface area contributed by atoms with Gasteiger partial charge in [0.25, 0.3) is 0 Å². The fraction of sp³-hybridized carbons (Fsp3) is 0.529. The highest BCUT2D eigenvalue weighted by Crippen LogP contribution is 2.35. The Morgan fingerprint density at radius 2 is 2.21 bits per heavy atom. The van der Waals surface area contributed by atoms with E-state index in [1.54, 1.807) is 5.56 Å². The lowest BCUT2D eigenvalue weighted by atomic mass is 9.89. The third-order valence-electron chi connectivity index (χ3n) is 4.72. The van der Waals surface area contributed by atoms with Gasteiger partial charge in [0.1, 0.15) is 0 Å². The minimum Gasteiger partial charge on any atom is -0.348 e. The summed E-state index contributed by atoms with van der Waals surface area (Å²) >= 11 is 0. The summed E-state index contributed by atoms with van der Waals surface area (Å²) in [5, 5.41) is 5.03. The Balaban J connectivity index is 2.17. The Bertz CT molecular complexity index is 589. The zero-order chi connectivity index (χ0) is 13.4. The first-order valence-corrected chi connectivity index (χ1v) is 7.51. The van der Waals surface area contributed by atoms with E-state index in [0.29, 0.717) is 5.92 Å². The zero-order valence-electron chi connectivity index (χ0n) is 12.3. The number of piperidine rings is 1. The van der Waals surface area contributed by atoms with Crippen LogP contribution in [0.3, 0.4) is 0 Å². The first-order chi connectivity index (χ1) is 9.22. The van der Waals surface area contributed by atoms with E-state index in [4.69, 9.17) is 0 Å². The maximum atomic E-state index is 3.55. The zero-order valence-corrected chi connectivity index (χ0v) is 12.3. The fourth-order valence-corrected chi connectivity index (χ4v) is 3.48. The van der Waals surface area contributed by atoms with Gasteiger partial charge in [0.15, 0.2) is 0 Å². The van der Waals surface area contributed by atoms with Gasteiger partial charge in [-0.2, -0.15) is 0 Å². The van der Waals surface area contributed by atoms with Gasteiger partial charge in [-0.3, -0.25) is 0 Å². The summed E-state index contributed by atoms with van der Waals surface area (Å²) in [5.74, 6) is 0.685. The largest absolute Gasteiger partial charge is 0.348 e. The molecule has 1 aliphatic rings. The predicted octanol–water partition coefficient (Wildman–Crippen LogP) is 3.52. The van der Waals surface area contributed by atoms with Crippen LogP contribution in [-0.2, 0) is 13.5 Å². The monoisotopic (exact) mass is 256 g/mol. The third kappa shape index (κ3) is 2.08. The second-order valence-electron chi connectivity index (χ2n) is 5.81. The van der Waals surface area contributed by atoms with Crippen molar-refractivity contribution in [1.29, 1.82) is 0 Å². The van der Waals surface area contributed by atoms with Crippen LogP contribution in [0.25, 0.3) is 10.9 Å². The molecule has 0 radical (unpaired) electrons. The van der Waals surface area contributed by atoms with Crippen molar-refractivity contribution in [2.24, 2.45) is 7.05 Å². The van der Waals surface area contributed by atoms with Crippen molar-refractivity contribution >= 4 is 10.9 Å². The smallest absolute Gasteiger partial charge is 0.0482 e. The number of aryl methyl sites for hydroxylation is 2. The number of hydrogen-bond donors (Lipinski definition) is 1. The number of nitrogens with zero attached hydrogens (tertiary/aromatic N) is 1. The number of aromatic nitrogens is 1. The highest BCUT2D eigenvalue weighted by molar-refractivity contribution is 5.86. The summed E-state index contributed by atoms with van der Waals surface area (Å²) < 4.78 is 2.36. The van der Waals surface area contributed by atoms with Crippen LogP contribution in [0.1, 0.15) is 42.5 Å². The lowest BCUT2D eigenvalue weighted by Gasteiger charge is -2.23. The molecule has 0 aliphatic carbocycles. The molecule has 2 aromatic rings. The van der Waals surface area contributed by atoms with E-state index in [1.165, 1.54) is 41.5 Å². The molecule has 1 atom stereocenters. The molecule has 0 saturated carbocycles. The molecule has 1 N–H and O–H groups in total. The third-order valence-corrected chi connectivity index (χ3v) is 4.72. The summed E-state index contributed by atoms with van der Waals surface area (Å²) in [6.45, 7) is 6.82. The van der Waals surface area contributed by atoms with Gasteiger partial charge in [-0.15, -0.1) is 0 Å². The molecule has 1 fully saturated rings. The highest BCUT2D eigenvalue weighted by atomic mass is 15.0. The van der Waals surface area contributed by atoms with Crippen LogP contribution in [-0.4, -0.2) is 17.7 Å². The van der Waals surface area contributed by atoms with Crippen molar-refractivity contribution < 1.29 is 0 Å². The van der Waals surface area contributed by atoms with Crippen molar-refractivity contribution in [2.75, 3.05) is 13.1 Å². The SMILES string of the molecule is CCc1ccc2c(c1)c(C1CCCNC1)c(C)n2C. The van der Waals surface area contributed by atoms with E-state index in [-0.39, 0.29) is 0 Å². The molecule has 1 aromatic carbocycles. The van der Waals surface area contributed by atoms with E-state index in [2.05, 4.69) is 49.0 Å². The predicted molar refractivity (Wildman–Crippen MR) is 81.9 cm³/mol. The highest BCUT2D eigenvalue weighted by Gasteiger charge is 2.22. The molecule has 1 saturated heterocycles. The van der Waals surface area contributed by atoms with Crippen molar-refractivity contribution in [3.63, 3.8) is 0 Å². The van der Waals surface area contributed by atoms with Crippen molar-refractivity contribution in [1.82, 2.24) is 9.88 Å². The number of benzene rings is 1. The minimum absolute atomic E-state index is 0.685. The molecule has 1 aromatic heterocycles. The van der Waals surface area contributed by atoms with Gasteiger partial charge in [0, 0.05) is 30.2 Å². The molecule has 102 valence electrons. The minimum atomic E-state index is 0.685. The van der Waals surface area contributed by atoms with Crippen molar-refractivity contribution in [3.8, 4) is 0 Å². The average molecular weight is 256 g/mol. The van der Waals surface area contributed by atoms with Gasteiger partial charge >= 0.3 is 0 Å². The fourth-order valence-electron chi connectivity index (χ4n) is 3.48. The maximum Gasteiger partial charge on any atom is 0.0482 e. The Labute approximate surface area is 115 Å². The average Bonchev–Trinajstić information content (AvgIpc) is 2.71. The van der Waals surface area contributed by atoms with Gasteiger partial charge in [0.2, 0.25) is 0 Å². The van der Waals surface area contributed by atoms with Crippen LogP contribution in [0.5, 0.6) is 0 Å². The molecule has 1 aliphatic heterocycles. The summed E-state index contributed by atoms with van der Waals surface area (Å²) in [7, 11) is 2.20. The molecular weight excluding hydrogens is 232 g/mol. The van der Waals surface area contributed by atoms with Crippen LogP contribution in [0.15, 0.2) is 18.2 Å². The maximum absolute atomic E-state index is 3.55. The van der Waals surface area contributed by atoms with Crippen LogP contribution in [0, 0.1) is 6.92 Å². The lowest BCUT2D eigenvalue weighted by molar-refractivity contribution is 0.461. The van der Waals surface area contributed by atoms with Gasteiger partial charge in [-0.1, -0.05) is 13.0 Å². The summed E-state index contributed by atoms with van der Waals surface area (Å²) in [6.07, 6.45) is 3.74. The van der Waals surface area contributed by atoms with Crippen LogP contribution in [0.4, 0.5) is 0 Å². The topological polar surface area (TPSA) is 17.0 Å². The summed E-state index contributed by atoms with van der Waals surface area (Å²) in [5.41, 5.74) is 5.86. The first kappa shape index (κ1) is 12.7. The molecule has 2 heteroatoms. The second kappa shape index (κ2) is 5.01. The van der Waals surface area contributed by atoms with Crippen molar-refractivity contribution in [2.45, 2.75) is 39.0 Å². The number of hydrogen-bond acceptors (Lipinski definition) is 1. The Kier molecular flexibility index (Phi) is 3.36. The van der Waals surface area contributed by atoms with E-state index < -0.39 is 0 Å². The molecule has 2 heterocycles. The molecular formula is C17H24N2. The Morgan fingerprint density at radius 1 is 1.37 bits per heavy atom. The van der Waals surface area contributed by atoms with E-state index in [9.17, 15) is 0 Å². The van der Waals surface area contributed by atoms with E-state index >= 15 is 0 Å². The van der Waals surface area contributed by atoms with Crippen LogP contribution < -0.4 is 5.32 Å². The molecule has 0 bridgehead atoms. The number of fused-ring (bicyclic) bond motifs is 1. The van der Waals surface area contributed by atoms with E-state index in [1.807, 2.05) is 0 Å². The lowest BCUT2D eigenvalue weighted by Crippen LogP contribution is -2.28. The Hall–Kier alpha value is -1.28.